The summed E-state index contributed by atoms with van der Waals surface area (Å²) in [6.07, 6.45) is 2.26. The first-order chi connectivity index (χ1) is 13.4. The van der Waals surface area contributed by atoms with Gasteiger partial charge in [-0.3, -0.25) is 15.2 Å². The number of carbonyl (C=O) groups is 2. The van der Waals surface area contributed by atoms with Gasteiger partial charge in [0.15, 0.2) is 0 Å². The fourth-order valence-corrected chi connectivity index (χ4v) is 4.34. The number of rotatable bonds is 7. The zero-order valence-corrected chi connectivity index (χ0v) is 17.8. The van der Waals surface area contributed by atoms with Crippen molar-refractivity contribution in [2.75, 3.05) is 5.01 Å². The molecule has 0 aromatic heterocycles. The summed E-state index contributed by atoms with van der Waals surface area (Å²) in [7, 11) is 0. The third-order valence-corrected chi connectivity index (χ3v) is 5.61. The number of carboxylic acids is 1. The first kappa shape index (κ1) is 23.3. The molecule has 0 aliphatic carbocycles. The Morgan fingerprint density at radius 1 is 1.24 bits per heavy atom. The predicted molar refractivity (Wildman–Crippen MR) is 117 cm³/mol. The number of fused-ring (bicyclic) bond motifs is 1. The maximum absolute atomic E-state index is 11.8. The second kappa shape index (κ2) is 10.2. The van der Waals surface area contributed by atoms with Gasteiger partial charge >= 0.3 is 5.97 Å². The number of amides is 1. The molecule has 9 heteroatoms. The fraction of sp³-hybridized carbons (Fsp3) is 0.300. The molecule has 2 aromatic rings. The fourth-order valence-electron chi connectivity index (χ4n) is 3.71. The van der Waals surface area contributed by atoms with Crippen molar-refractivity contribution < 1.29 is 14.7 Å². The average molecular weight is 459 g/mol. The number of hydrogen-bond acceptors (Lipinski definition) is 4. The van der Waals surface area contributed by atoms with Crippen LogP contribution in [0.15, 0.2) is 36.4 Å². The first-order valence-electron chi connectivity index (χ1n) is 8.93. The van der Waals surface area contributed by atoms with Crippen LogP contribution in [0.1, 0.15) is 35.4 Å². The van der Waals surface area contributed by atoms with E-state index in [-0.39, 0.29) is 18.3 Å². The summed E-state index contributed by atoms with van der Waals surface area (Å²) in [6.45, 7) is 0.493. The summed E-state index contributed by atoms with van der Waals surface area (Å²) in [4.78, 5) is 22.9. The van der Waals surface area contributed by atoms with Gasteiger partial charge in [-0.25, -0.2) is 4.79 Å². The third-order valence-electron chi connectivity index (χ3n) is 5.08. The van der Waals surface area contributed by atoms with Crippen molar-refractivity contribution in [2.45, 2.75) is 37.8 Å². The van der Waals surface area contributed by atoms with E-state index in [9.17, 15) is 14.7 Å². The summed E-state index contributed by atoms with van der Waals surface area (Å²) in [5, 5.41) is 11.9. The zero-order valence-electron chi connectivity index (χ0n) is 15.5. The normalized spacial score (nSPS) is 17.8. The number of benzene rings is 2. The SMILES string of the molecule is Cl.NCc1ccc(CC[C@@H]2C[C@@H](C(=O)O)N(NC=O)c3cc(Cl)cc(Cl)c32)cc1. The molecule has 0 unspecified atom stereocenters. The number of nitrogens with one attached hydrogen (secondary N) is 1. The Morgan fingerprint density at radius 3 is 2.48 bits per heavy atom. The number of aliphatic carboxylic acids is 1. The van der Waals surface area contributed by atoms with E-state index in [1.807, 2.05) is 24.3 Å². The van der Waals surface area contributed by atoms with E-state index in [4.69, 9.17) is 28.9 Å². The van der Waals surface area contributed by atoms with Crippen LogP contribution in [0.2, 0.25) is 10.0 Å². The van der Waals surface area contributed by atoms with Gasteiger partial charge in [-0.15, -0.1) is 12.4 Å². The number of nitrogens with zero attached hydrogens (tertiary/aromatic N) is 1. The van der Waals surface area contributed by atoms with E-state index >= 15 is 0 Å². The van der Waals surface area contributed by atoms with Gasteiger partial charge in [0, 0.05) is 16.6 Å². The Bertz CT molecular complexity index is 877. The van der Waals surface area contributed by atoms with Crippen LogP contribution in [0.3, 0.4) is 0 Å². The molecular formula is C20H22Cl3N3O3. The summed E-state index contributed by atoms with van der Waals surface area (Å²) in [6, 6.07) is 10.4. The highest BCUT2D eigenvalue weighted by atomic mass is 35.5. The summed E-state index contributed by atoms with van der Waals surface area (Å²) in [5.74, 6) is -1.10. The zero-order chi connectivity index (χ0) is 20.3. The first-order valence-corrected chi connectivity index (χ1v) is 9.68. The lowest BCUT2D eigenvalue weighted by molar-refractivity contribution is -0.139. The maximum Gasteiger partial charge on any atom is 0.328 e. The molecule has 1 heterocycles. The van der Waals surface area contributed by atoms with Crippen molar-refractivity contribution in [3.05, 3.63) is 63.1 Å². The van der Waals surface area contributed by atoms with Crippen LogP contribution in [0, 0.1) is 0 Å². The molecule has 0 fully saturated rings. The van der Waals surface area contributed by atoms with Gasteiger partial charge in [-0.1, -0.05) is 47.5 Å². The Kier molecular flexibility index (Phi) is 8.16. The largest absolute Gasteiger partial charge is 0.480 e. The molecule has 0 bridgehead atoms. The molecular weight excluding hydrogens is 437 g/mol. The number of aryl methyl sites for hydroxylation is 1. The van der Waals surface area contributed by atoms with E-state index < -0.39 is 12.0 Å². The molecule has 156 valence electrons. The third kappa shape index (κ3) is 5.14. The van der Waals surface area contributed by atoms with Crippen molar-refractivity contribution in [3.63, 3.8) is 0 Å². The van der Waals surface area contributed by atoms with E-state index in [0.717, 1.165) is 29.5 Å². The van der Waals surface area contributed by atoms with Crippen molar-refractivity contribution in [1.29, 1.82) is 0 Å². The smallest absolute Gasteiger partial charge is 0.328 e. The van der Waals surface area contributed by atoms with Gasteiger partial charge in [0.2, 0.25) is 6.41 Å². The lowest BCUT2D eigenvalue weighted by Crippen LogP contribution is -2.52. The molecule has 4 N–H and O–H groups in total. The number of carbonyl (C=O) groups excluding carboxylic acids is 1. The van der Waals surface area contributed by atoms with Gasteiger partial charge in [0.1, 0.15) is 6.04 Å². The van der Waals surface area contributed by atoms with E-state index in [1.54, 1.807) is 12.1 Å². The molecule has 2 atom stereocenters. The van der Waals surface area contributed by atoms with Crippen molar-refractivity contribution in [3.8, 4) is 0 Å². The maximum atomic E-state index is 11.8. The molecule has 0 saturated heterocycles. The second-order valence-corrected chi connectivity index (χ2v) is 7.63. The highest BCUT2D eigenvalue weighted by Crippen LogP contribution is 2.45. The number of hydrogen-bond donors (Lipinski definition) is 3. The average Bonchev–Trinajstić information content (AvgIpc) is 2.67. The minimum atomic E-state index is -1.02. The number of halogens is 3. The molecule has 2 aromatic carbocycles. The van der Waals surface area contributed by atoms with Crippen LogP contribution in [0.5, 0.6) is 0 Å². The van der Waals surface area contributed by atoms with Gasteiger partial charge in [0.05, 0.1) is 5.69 Å². The summed E-state index contributed by atoms with van der Waals surface area (Å²) >= 11 is 12.6. The van der Waals surface area contributed by atoms with Gasteiger partial charge in [-0.2, -0.15) is 0 Å². The van der Waals surface area contributed by atoms with Crippen LogP contribution in [0.25, 0.3) is 0 Å². The Labute approximate surface area is 185 Å². The van der Waals surface area contributed by atoms with Crippen molar-refractivity contribution in [1.82, 2.24) is 5.43 Å². The summed E-state index contributed by atoms with van der Waals surface area (Å²) in [5.41, 5.74) is 11.6. The molecule has 0 radical (unpaired) electrons. The quantitative estimate of drug-likeness (QED) is 0.547. The standard InChI is InChI=1S/C20H21Cl2N3O3.ClH/c21-15-8-16(22)19-14(6-5-12-1-3-13(10-23)4-2-12)7-18(20(27)28)25(24-11-26)17(19)9-15;/h1-4,8-9,11,14,18H,5-7,10,23H2,(H,24,26)(H,27,28);1H/t14-,18+;/m1./s1. The molecule has 1 amide bonds. The highest BCUT2D eigenvalue weighted by Gasteiger charge is 2.38. The number of hydrazine groups is 1. The van der Waals surface area contributed by atoms with E-state index in [1.165, 1.54) is 5.01 Å². The molecule has 1 aliphatic rings. The van der Waals surface area contributed by atoms with E-state index in [0.29, 0.717) is 35.1 Å². The van der Waals surface area contributed by atoms with Crippen LogP contribution in [-0.2, 0) is 22.6 Å². The second-order valence-electron chi connectivity index (χ2n) is 6.78. The lowest BCUT2D eigenvalue weighted by atomic mass is 9.82. The van der Waals surface area contributed by atoms with Crippen LogP contribution >= 0.6 is 35.6 Å². The lowest BCUT2D eigenvalue weighted by Gasteiger charge is -2.39. The molecule has 3 rings (SSSR count). The Balaban J connectivity index is 0.00000300. The van der Waals surface area contributed by atoms with Gasteiger partial charge < -0.3 is 10.8 Å². The molecule has 1 aliphatic heterocycles. The number of anilines is 1. The molecule has 29 heavy (non-hydrogen) atoms. The molecule has 0 saturated carbocycles. The van der Waals surface area contributed by atoms with E-state index in [2.05, 4.69) is 5.43 Å². The predicted octanol–water partition coefficient (Wildman–Crippen LogP) is 3.91. The Hall–Kier alpha value is -1.99. The number of nitrogens with two attached hydrogens (primary N) is 1. The van der Waals surface area contributed by atoms with Crippen molar-refractivity contribution in [2.24, 2.45) is 5.73 Å². The van der Waals surface area contributed by atoms with Gasteiger partial charge in [0.25, 0.3) is 0 Å². The van der Waals surface area contributed by atoms with Crippen molar-refractivity contribution >= 4 is 53.7 Å². The topological polar surface area (TPSA) is 95.7 Å². The van der Waals surface area contributed by atoms with Crippen LogP contribution in [0.4, 0.5) is 5.69 Å². The molecule has 6 nitrogen and oxygen atoms in total. The van der Waals surface area contributed by atoms with Crippen LogP contribution < -0.4 is 16.2 Å². The Morgan fingerprint density at radius 2 is 1.90 bits per heavy atom. The summed E-state index contributed by atoms with van der Waals surface area (Å²) < 4.78 is 0. The minimum absolute atomic E-state index is 0. The minimum Gasteiger partial charge on any atom is -0.480 e. The monoisotopic (exact) mass is 457 g/mol. The van der Waals surface area contributed by atoms with Crippen LogP contribution in [-0.4, -0.2) is 23.5 Å². The van der Waals surface area contributed by atoms with Gasteiger partial charge in [-0.05, 0) is 54.0 Å². The number of carboxylic acid groups (broad SMARTS) is 1. The molecule has 0 spiro atoms. The highest BCUT2D eigenvalue weighted by molar-refractivity contribution is 6.35.